The Balaban J connectivity index is 1.31. The molecule has 4 aromatic rings. The number of carbonyl (C=O) groups is 2. The number of benzene rings is 3. The highest BCUT2D eigenvalue weighted by molar-refractivity contribution is 5.82. The number of nitrogens with one attached hydrogen (secondary N) is 1. The Bertz CT molecular complexity index is 1450. The third-order valence-corrected chi connectivity index (χ3v) is 6.97. The number of ether oxygens (including phenoxy) is 3. The highest BCUT2D eigenvalue weighted by Gasteiger charge is 2.32. The maximum Gasteiger partial charge on any atom is 0.303 e. The van der Waals surface area contributed by atoms with Crippen molar-refractivity contribution in [1.82, 2.24) is 14.9 Å². The maximum atomic E-state index is 12.2. The van der Waals surface area contributed by atoms with Gasteiger partial charge in [0.25, 0.3) is 5.91 Å². The van der Waals surface area contributed by atoms with Gasteiger partial charge in [0.2, 0.25) is 0 Å². The van der Waals surface area contributed by atoms with Crippen LogP contribution in [-0.4, -0.2) is 38.7 Å². The van der Waals surface area contributed by atoms with Crippen molar-refractivity contribution in [3.8, 4) is 0 Å². The zero-order valence-electron chi connectivity index (χ0n) is 22.5. The van der Waals surface area contributed by atoms with E-state index in [2.05, 4.69) is 20.9 Å². The molecule has 5 rings (SSSR count). The Morgan fingerprint density at radius 3 is 2.45 bits per heavy atom. The first kappa shape index (κ1) is 27.5. The fraction of sp³-hybridized carbons (Fsp3) is 0.323. The number of hydrogen-bond acceptors (Lipinski definition) is 7. The number of aliphatic hydroxyl groups is 1. The van der Waals surface area contributed by atoms with Crippen molar-refractivity contribution in [3.63, 3.8) is 0 Å². The first-order valence-electron chi connectivity index (χ1n) is 13.3. The number of rotatable bonds is 9. The van der Waals surface area contributed by atoms with E-state index >= 15 is 0 Å². The molecule has 208 valence electrons. The van der Waals surface area contributed by atoms with Crippen LogP contribution in [0, 0.1) is 0 Å². The molecule has 0 spiro atoms. The molecule has 0 aliphatic carbocycles. The number of aliphatic hydroxyl groups excluding tert-OH is 1. The van der Waals surface area contributed by atoms with E-state index in [9.17, 15) is 14.7 Å². The molecule has 0 radical (unpaired) electrons. The minimum Gasteiger partial charge on any atom is -0.453 e. The molecule has 9 nitrogen and oxygen atoms in total. The van der Waals surface area contributed by atoms with Crippen molar-refractivity contribution in [2.24, 2.45) is 0 Å². The van der Waals surface area contributed by atoms with Crippen molar-refractivity contribution in [3.05, 3.63) is 101 Å². The highest BCUT2D eigenvalue weighted by atomic mass is 16.7. The van der Waals surface area contributed by atoms with Crippen molar-refractivity contribution in [2.75, 3.05) is 0 Å². The first-order valence-corrected chi connectivity index (χ1v) is 13.3. The summed E-state index contributed by atoms with van der Waals surface area (Å²) in [7, 11) is 0. The zero-order chi connectivity index (χ0) is 28.1. The molecule has 1 aliphatic heterocycles. The second kappa shape index (κ2) is 12.4. The Morgan fingerprint density at radius 2 is 1.73 bits per heavy atom. The van der Waals surface area contributed by atoms with Gasteiger partial charge in [0, 0.05) is 25.5 Å². The molecular weight excluding hydrogens is 510 g/mol. The van der Waals surface area contributed by atoms with E-state index in [0.717, 1.165) is 33.3 Å². The van der Waals surface area contributed by atoms with Gasteiger partial charge in [-0.05, 0) is 35.7 Å². The number of esters is 1. The predicted octanol–water partition coefficient (Wildman–Crippen LogP) is 4.34. The van der Waals surface area contributed by atoms with Gasteiger partial charge in [0.1, 0.15) is 0 Å². The molecule has 9 heteroatoms. The number of para-hydroxylation sites is 2. The van der Waals surface area contributed by atoms with Crippen LogP contribution in [0.2, 0.25) is 0 Å². The van der Waals surface area contributed by atoms with E-state index in [1.165, 1.54) is 13.8 Å². The first-order chi connectivity index (χ1) is 19.4. The molecule has 1 amide bonds. The van der Waals surface area contributed by atoms with Crippen LogP contribution in [0.4, 0.5) is 0 Å². The summed E-state index contributed by atoms with van der Waals surface area (Å²) in [5.74, 6) is -0.857. The molecule has 2 N–H and O–H groups in total. The minimum atomic E-state index is -0.853. The van der Waals surface area contributed by atoms with Gasteiger partial charge in [0.15, 0.2) is 12.4 Å². The summed E-state index contributed by atoms with van der Waals surface area (Å²) in [6, 6.07) is 23.5. The Morgan fingerprint density at radius 1 is 1.02 bits per heavy atom. The molecule has 1 fully saturated rings. The van der Waals surface area contributed by atoms with Gasteiger partial charge >= 0.3 is 5.97 Å². The van der Waals surface area contributed by atoms with Gasteiger partial charge < -0.3 is 29.2 Å². The fourth-order valence-corrected chi connectivity index (χ4v) is 4.84. The standard InChI is InChI=1S/C31H33N3O6/c1-20(38-21(2)36)30(37)32-16-22-7-13-25(14-8-22)31-39-26(17-34-19-33-27-5-3-4-6-28(27)34)15-29(40-31)24-11-9-23(18-35)10-12-24/h3-14,19-20,26,29,31,35H,15-18H2,1-2H3,(H,32,37)/t20-,26-,29+,31?/m0/s1. The molecule has 1 aliphatic rings. The van der Waals surface area contributed by atoms with E-state index in [1.54, 1.807) is 0 Å². The van der Waals surface area contributed by atoms with Crippen molar-refractivity contribution in [1.29, 1.82) is 0 Å². The van der Waals surface area contributed by atoms with E-state index < -0.39 is 18.4 Å². The third kappa shape index (κ3) is 6.56. The lowest BCUT2D eigenvalue weighted by molar-refractivity contribution is -0.252. The molecule has 0 bridgehead atoms. The smallest absolute Gasteiger partial charge is 0.303 e. The van der Waals surface area contributed by atoms with Crippen LogP contribution in [0.5, 0.6) is 0 Å². The zero-order valence-corrected chi connectivity index (χ0v) is 22.5. The van der Waals surface area contributed by atoms with Crippen LogP contribution in [-0.2, 0) is 43.5 Å². The summed E-state index contributed by atoms with van der Waals surface area (Å²) in [6.45, 7) is 3.72. The molecular formula is C31H33N3O6. The SMILES string of the molecule is CC(=O)O[C@@H](C)C(=O)NCc1ccc(C2O[C@H](Cn3cnc4ccccc43)C[C@H](c3ccc(CO)cc3)O2)cc1. The molecule has 1 aromatic heterocycles. The van der Waals surface area contributed by atoms with Crippen LogP contribution in [0.3, 0.4) is 0 Å². The number of imidazole rings is 1. The number of aromatic nitrogens is 2. The number of amides is 1. The Hall–Kier alpha value is -4.05. The van der Waals surface area contributed by atoms with E-state index in [4.69, 9.17) is 14.2 Å². The number of carbonyl (C=O) groups excluding carboxylic acids is 2. The van der Waals surface area contributed by atoms with Crippen LogP contribution < -0.4 is 5.32 Å². The van der Waals surface area contributed by atoms with Gasteiger partial charge in [-0.2, -0.15) is 0 Å². The maximum absolute atomic E-state index is 12.2. The summed E-state index contributed by atoms with van der Waals surface area (Å²) in [4.78, 5) is 27.8. The van der Waals surface area contributed by atoms with E-state index in [-0.39, 0.29) is 24.7 Å². The molecule has 40 heavy (non-hydrogen) atoms. The number of fused-ring (bicyclic) bond motifs is 1. The average molecular weight is 544 g/mol. The van der Waals surface area contributed by atoms with Crippen molar-refractivity contribution in [2.45, 2.75) is 64.6 Å². The average Bonchev–Trinajstić information content (AvgIpc) is 3.38. The summed E-state index contributed by atoms with van der Waals surface area (Å²) in [5.41, 5.74) is 5.60. The third-order valence-electron chi connectivity index (χ3n) is 6.97. The molecule has 3 aromatic carbocycles. The molecule has 2 heterocycles. The van der Waals surface area contributed by atoms with Crippen LogP contribution >= 0.6 is 0 Å². The lowest BCUT2D eigenvalue weighted by Crippen LogP contribution is -2.35. The van der Waals surface area contributed by atoms with Crippen molar-refractivity contribution < 1.29 is 28.9 Å². The Labute approximate surface area is 232 Å². The lowest BCUT2D eigenvalue weighted by Gasteiger charge is -2.36. The largest absolute Gasteiger partial charge is 0.453 e. The number of hydrogen-bond donors (Lipinski definition) is 2. The Kier molecular flexibility index (Phi) is 8.54. The van der Waals surface area contributed by atoms with Gasteiger partial charge in [-0.1, -0.05) is 60.7 Å². The number of nitrogens with zero attached hydrogens (tertiary/aromatic N) is 2. The van der Waals surface area contributed by atoms with E-state index in [0.29, 0.717) is 19.5 Å². The monoisotopic (exact) mass is 543 g/mol. The fourth-order valence-electron chi connectivity index (χ4n) is 4.84. The van der Waals surface area contributed by atoms with Crippen molar-refractivity contribution >= 4 is 22.9 Å². The van der Waals surface area contributed by atoms with Gasteiger partial charge in [0.05, 0.1) is 42.7 Å². The van der Waals surface area contributed by atoms with Gasteiger partial charge in [-0.15, -0.1) is 0 Å². The molecule has 4 atom stereocenters. The lowest BCUT2D eigenvalue weighted by atomic mass is 9.99. The topological polar surface area (TPSA) is 112 Å². The summed E-state index contributed by atoms with van der Waals surface area (Å²) in [6.07, 6.45) is 0.715. The second-order valence-corrected chi connectivity index (χ2v) is 9.95. The minimum absolute atomic E-state index is 0.0106. The summed E-state index contributed by atoms with van der Waals surface area (Å²) < 4.78 is 20.0. The van der Waals surface area contributed by atoms with Crippen LogP contribution in [0.1, 0.15) is 54.9 Å². The predicted molar refractivity (Wildman–Crippen MR) is 148 cm³/mol. The summed E-state index contributed by atoms with van der Waals surface area (Å²) >= 11 is 0. The molecule has 1 unspecified atom stereocenters. The molecule has 0 saturated carbocycles. The summed E-state index contributed by atoms with van der Waals surface area (Å²) in [5, 5.41) is 12.2. The second-order valence-electron chi connectivity index (χ2n) is 9.95. The quantitative estimate of drug-likeness (QED) is 0.302. The molecule has 1 saturated heterocycles. The van der Waals surface area contributed by atoms with E-state index in [1.807, 2.05) is 73.1 Å². The van der Waals surface area contributed by atoms with Crippen LogP contribution in [0.15, 0.2) is 79.1 Å². The van der Waals surface area contributed by atoms with Gasteiger partial charge in [-0.25, -0.2) is 4.98 Å². The normalized spacial score (nSPS) is 19.7. The van der Waals surface area contributed by atoms with Gasteiger partial charge in [-0.3, -0.25) is 9.59 Å². The van der Waals surface area contributed by atoms with Crippen LogP contribution in [0.25, 0.3) is 11.0 Å². The highest BCUT2D eigenvalue weighted by Crippen LogP contribution is 2.38.